The summed E-state index contributed by atoms with van der Waals surface area (Å²) in [6.07, 6.45) is 2.43. The molecule has 0 aromatic heterocycles. The summed E-state index contributed by atoms with van der Waals surface area (Å²) >= 11 is 12.6. The maximum atomic E-state index is 13.0. The van der Waals surface area contributed by atoms with Gasteiger partial charge >= 0.3 is 0 Å². The van der Waals surface area contributed by atoms with Crippen molar-refractivity contribution in [1.29, 1.82) is 0 Å². The Morgan fingerprint density at radius 2 is 1.77 bits per heavy atom. The third kappa shape index (κ3) is 4.77. The van der Waals surface area contributed by atoms with Gasteiger partial charge in [0.2, 0.25) is 5.91 Å². The van der Waals surface area contributed by atoms with Crippen LogP contribution in [-0.4, -0.2) is 29.5 Å². The van der Waals surface area contributed by atoms with Crippen LogP contribution in [0.1, 0.15) is 50.3 Å². The lowest BCUT2D eigenvalue weighted by atomic mass is 9.88. The Morgan fingerprint density at radius 3 is 2.47 bits per heavy atom. The number of para-hydroxylation sites is 1. The molecule has 1 saturated heterocycles. The highest BCUT2D eigenvalue weighted by Gasteiger charge is 2.36. The zero-order chi connectivity index (χ0) is 21.3. The van der Waals surface area contributed by atoms with Gasteiger partial charge in [-0.15, -0.1) is 0 Å². The monoisotopic (exact) mass is 446 g/mol. The van der Waals surface area contributed by atoms with Crippen LogP contribution in [0.15, 0.2) is 42.5 Å². The van der Waals surface area contributed by atoms with Gasteiger partial charge in [-0.3, -0.25) is 9.69 Å². The summed E-state index contributed by atoms with van der Waals surface area (Å²) in [4.78, 5) is 15.4. The molecule has 4 nitrogen and oxygen atoms in total. The third-order valence-electron chi connectivity index (χ3n) is 6.09. The van der Waals surface area contributed by atoms with Crippen molar-refractivity contribution < 1.29 is 9.53 Å². The van der Waals surface area contributed by atoms with Gasteiger partial charge in [-0.05, 0) is 58.0 Å². The molecule has 1 amide bonds. The van der Waals surface area contributed by atoms with Crippen molar-refractivity contribution in [1.82, 2.24) is 10.2 Å². The number of fused-ring (bicyclic) bond motifs is 1. The third-order valence-corrected chi connectivity index (χ3v) is 6.80. The maximum absolute atomic E-state index is 13.0. The number of ether oxygens (including phenoxy) is 1. The van der Waals surface area contributed by atoms with Crippen LogP contribution in [0, 0.1) is 5.92 Å². The van der Waals surface area contributed by atoms with Gasteiger partial charge in [0, 0.05) is 40.1 Å². The molecule has 0 bridgehead atoms. The van der Waals surface area contributed by atoms with Crippen LogP contribution < -0.4 is 10.1 Å². The minimum atomic E-state index is -0.302. The van der Waals surface area contributed by atoms with E-state index in [1.54, 1.807) is 0 Å². The van der Waals surface area contributed by atoms with E-state index < -0.39 is 0 Å². The Hall–Kier alpha value is -1.75. The van der Waals surface area contributed by atoms with Crippen molar-refractivity contribution in [3.05, 3.63) is 63.6 Å². The first-order valence-electron chi connectivity index (χ1n) is 10.6. The lowest BCUT2D eigenvalue weighted by Gasteiger charge is -2.39. The number of piperidine rings is 1. The van der Waals surface area contributed by atoms with Gasteiger partial charge in [0.05, 0.1) is 6.04 Å². The largest absolute Gasteiger partial charge is 0.487 e. The van der Waals surface area contributed by atoms with Crippen molar-refractivity contribution in [3.8, 4) is 5.75 Å². The van der Waals surface area contributed by atoms with E-state index in [-0.39, 0.29) is 23.5 Å². The Kier molecular flexibility index (Phi) is 6.29. The molecule has 30 heavy (non-hydrogen) atoms. The van der Waals surface area contributed by atoms with Crippen molar-refractivity contribution in [2.45, 2.75) is 51.3 Å². The van der Waals surface area contributed by atoms with Crippen molar-refractivity contribution in [2.24, 2.45) is 5.92 Å². The Bertz CT molecular complexity index is 903. The van der Waals surface area contributed by atoms with Crippen LogP contribution in [0.2, 0.25) is 10.0 Å². The Labute approximate surface area is 188 Å². The molecule has 1 fully saturated rings. The molecule has 2 aliphatic rings. The zero-order valence-corrected chi connectivity index (χ0v) is 19.0. The van der Waals surface area contributed by atoms with E-state index in [0.29, 0.717) is 16.6 Å². The molecule has 160 valence electrons. The predicted octanol–water partition coefficient (Wildman–Crippen LogP) is 5.62. The summed E-state index contributed by atoms with van der Waals surface area (Å²) in [5.74, 6) is 1.04. The van der Waals surface area contributed by atoms with Crippen LogP contribution in [0.4, 0.5) is 0 Å². The first kappa shape index (κ1) is 21.5. The molecular formula is C24H28Cl2N2O2. The summed E-state index contributed by atoms with van der Waals surface area (Å²) in [5, 5.41) is 4.70. The second kappa shape index (κ2) is 8.78. The fourth-order valence-electron chi connectivity index (χ4n) is 4.48. The molecule has 0 spiro atoms. The van der Waals surface area contributed by atoms with Crippen LogP contribution in [-0.2, 0) is 11.3 Å². The number of hydrogen-bond donors (Lipinski definition) is 1. The summed E-state index contributed by atoms with van der Waals surface area (Å²) in [6, 6.07) is 13.6. The smallest absolute Gasteiger partial charge is 0.223 e. The number of amides is 1. The minimum absolute atomic E-state index is 0.0163. The van der Waals surface area contributed by atoms with Gasteiger partial charge in [-0.1, -0.05) is 47.5 Å². The first-order valence-corrected chi connectivity index (χ1v) is 11.3. The molecule has 2 aromatic carbocycles. The number of rotatable bonds is 4. The number of nitrogens with zero attached hydrogens (tertiary/aromatic N) is 1. The molecular weight excluding hydrogens is 419 g/mol. The number of carbonyl (C=O) groups excluding carboxylic acids is 1. The highest BCUT2D eigenvalue weighted by Crippen LogP contribution is 2.39. The molecule has 0 radical (unpaired) electrons. The maximum Gasteiger partial charge on any atom is 0.223 e. The van der Waals surface area contributed by atoms with Gasteiger partial charge in [-0.25, -0.2) is 0 Å². The van der Waals surface area contributed by atoms with Gasteiger partial charge in [0.25, 0.3) is 0 Å². The normalized spacial score (nSPS) is 21.5. The van der Waals surface area contributed by atoms with Gasteiger partial charge < -0.3 is 10.1 Å². The highest BCUT2D eigenvalue weighted by atomic mass is 35.5. The number of hydrogen-bond acceptors (Lipinski definition) is 3. The lowest BCUT2D eigenvalue weighted by molar-refractivity contribution is -0.127. The minimum Gasteiger partial charge on any atom is -0.487 e. The average Bonchev–Trinajstić information content (AvgIpc) is 2.70. The van der Waals surface area contributed by atoms with E-state index in [1.165, 1.54) is 0 Å². The molecule has 2 aromatic rings. The number of nitrogens with one attached hydrogen (secondary N) is 1. The lowest BCUT2D eigenvalue weighted by Crippen LogP contribution is -2.45. The van der Waals surface area contributed by atoms with Gasteiger partial charge in [-0.2, -0.15) is 0 Å². The number of likely N-dealkylation sites (tertiary alicyclic amines) is 1. The number of benzene rings is 2. The second-order valence-corrected chi connectivity index (χ2v) is 9.73. The number of carbonyl (C=O) groups is 1. The SMILES string of the molecule is CC1(C)C[C@H](NC(=O)C2CCN(Cc3c(Cl)cccc3Cl)CC2)c2ccccc2O1. The molecule has 6 heteroatoms. The van der Waals surface area contributed by atoms with Crippen molar-refractivity contribution in [3.63, 3.8) is 0 Å². The molecule has 0 saturated carbocycles. The van der Waals surface area contributed by atoms with E-state index in [1.807, 2.05) is 42.5 Å². The molecule has 0 unspecified atom stereocenters. The standard InChI is InChI=1S/C24H28Cl2N2O2/c1-24(2)14-21(17-6-3-4-9-22(17)30-24)27-23(29)16-10-12-28(13-11-16)15-18-19(25)7-5-8-20(18)26/h3-9,16,21H,10-15H2,1-2H3,(H,27,29)/t21-/m0/s1. The van der Waals surface area contributed by atoms with E-state index in [9.17, 15) is 4.79 Å². The van der Waals surface area contributed by atoms with Crippen LogP contribution >= 0.6 is 23.2 Å². The van der Waals surface area contributed by atoms with Crippen molar-refractivity contribution >= 4 is 29.1 Å². The van der Waals surface area contributed by atoms with Crippen LogP contribution in [0.25, 0.3) is 0 Å². The zero-order valence-electron chi connectivity index (χ0n) is 17.5. The molecule has 2 aliphatic heterocycles. The Balaban J connectivity index is 1.36. The topological polar surface area (TPSA) is 41.6 Å². The summed E-state index contributed by atoms with van der Waals surface area (Å²) < 4.78 is 6.09. The fourth-order valence-corrected chi connectivity index (χ4v) is 5.00. The summed E-state index contributed by atoms with van der Waals surface area (Å²) in [5.41, 5.74) is 1.73. The summed E-state index contributed by atoms with van der Waals surface area (Å²) in [7, 11) is 0. The van der Waals surface area contributed by atoms with Crippen LogP contribution in [0.5, 0.6) is 5.75 Å². The molecule has 1 N–H and O–H groups in total. The molecule has 4 rings (SSSR count). The highest BCUT2D eigenvalue weighted by molar-refractivity contribution is 6.35. The Morgan fingerprint density at radius 1 is 1.10 bits per heavy atom. The van der Waals surface area contributed by atoms with E-state index in [4.69, 9.17) is 27.9 Å². The quantitative estimate of drug-likeness (QED) is 0.661. The second-order valence-electron chi connectivity index (χ2n) is 8.92. The van der Waals surface area contributed by atoms with Gasteiger partial charge in [0.1, 0.15) is 11.4 Å². The average molecular weight is 447 g/mol. The van der Waals surface area contributed by atoms with Gasteiger partial charge in [0.15, 0.2) is 0 Å². The predicted molar refractivity (Wildman–Crippen MR) is 121 cm³/mol. The molecule has 0 aliphatic carbocycles. The van der Waals surface area contributed by atoms with E-state index in [2.05, 4.69) is 24.1 Å². The first-order chi connectivity index (χ1) is 14.3. The molecule has 1 atom stereocenters. The van der Waals surface area contributed by atoms with Crippen LogP contribution in [0.3, 0.4) is 0 Å². The van der Waals surface area contributed by atoms with Crippen molar-refractivity contribution in [2.75, 3.05) is 13.1 Å². The molecule has 2 heterocycles. The van der Waals surface area contributed by atoms with E-state index >= 15 is 0 Å². The van der Waals surface area contributed by atoms with E-state index in [0.717, 1.165) is 49.2 Å². The summed E-state index contributed by atoms with van der Waals surface area (Å²) in [6.45, 7) is 6.57. The number of halogens is 2. The fraction of sp³-hybridized carbons (Fsp3) is 0.458.